The Bertz CT molecular complexity index is 502. The van der Waals surface area contributed by atoms with E-state index in [0.29, 0.717) is 6.61 Å². The van der Waals surface area contributed by atoms with Crippen molar-refractivity contribution in [2.75, 3.05) is 12.3 Å². The highest BCUT2D eigenvalue weighted by molar-refractivity contribution is 7.98. The maximum absolute atomic E-state index is 5.96. The molecule has 1 aromatic heterocycles. The van der Waals surface area contributed by atoms with Crippen LogP contribution in [0.4, 0.5) is 5.69 Å². The van der Waals surface area contributed by atoms with Crippen molar-refractivity contribution in [1.29, 1.82) is 0 Å². The van der Waals surface area contributed by atoms with Crippen LogP contribution in [-0.2, 0) is 5.75 Å². The van der Waals surface area contributed by atoms with Crippen LogP contribution in [0.1, 0.15) is 12.5 Å². The minimum atomic E-state index is 0.663. The molecule has 2 rings (SSSR count). The van der Waals surface area contributed by atoms with Gasteiger partial charge in [0.05, 0.1) is 6.61 Å². The van der Waals surface area contributed by atoms with Gasteiger partial charge in [0.1, 0.15) is 5.75 Å². The number of nitrogens with two attached hydrogens (primary N) is 1. The largest absolute Gasteiger partial charge is 0.494 e. The average molecular weight is 260 g/mol. The summed E-state index contributed by atoms with van der Waals surface area (Å²) in [5.74, 6) is 1.72. The Labute approximate surface area is 111 Å². The first-order valence-electron chi connectivity index (χ1n) is 5.83. The van der Waals surface area contributed by atoms with Gasteiger partial charge < -0.3 is 10.5 Å². The van der Waals surface area contributed by atoms with Gasteiger partial charge in [-0.3, -0.25) is 4.98 Å². The summed E-state index contributed by atoms with van der Waals surface area (Å²) in [6, 6.07) is 9.77. The molecule has 18 heavy (non-hydrogen) atoms. The molecule has 1 heterocycles. The molecule has 0 aliphatic heterocycles. The molecule has 0 fully saturated rings. The van der Waals surface area contributed by atoms with Crippen LogP contribution in [0.25, 0.3) is 0 Å². The number of anilines is 1. The van der Waals surface area contributed by atoms with Crippen molar-refractivity contribution in [3.8, 4) is 5.75 Å². The molecule has 2 N–H and O–H groups in total. The summed E-state index contributed by atoms with van der Waals surface area (Å²) in [4.78, 5) is 5.14. The van der Waals surface area contributed by atoms with Crippen LogP contribution in [0, 0.1) is 0 Å². The van der Waals surface area contributed by atoms with E-state index in [1.807, 2.05) is 37.4 Å². The second kappa shape index (κ2) is 6.31. The monoisotopic (exact) mass is 260 g/mol. The van der Waals surface area contributed by atoms with Crippen LogP contribution >= 0.6 is 11.8 Å². The van der Waals surface area contributed by atoms with E-state index in [1.165, 1.54) is 5.56 Å². The quantitative estimate of drug-likeness (QED) is 0.661. The van der Waals surface area contributed by atoms with E-state index < -0.39 is 0 Å². The van der Waals surface area contributed by atoms with E-state index in [2.05, 4.69) is 11.1 Å². The number of nitrogen functional groups attached to an aromatic ring is 1. The van der Waals surface area contributed by atoms with Gasteiger partial charge in [0.15, 0.2) is 0 Å². The number of ether oxygens (including phenoxy) is 1. The maximum atomic E-state index is 5.96. The molecule has 0 atom stereocenters. The molecule has 2 aromatic rings. The van der Waals surface area contributed by atoms with Crippen molar-refractivity contribution in [3.05, 3.63) is 48.3 Å². The first-order chi connectivity index (χ1) is 8.79. The van der Waals surface area contributed by atoms with Gasteiger partial charge in [-0.05, 0) is 36.8 Å². The summed E-state index contributed by atoms with van der Waals surface area (Å²) < 4.78 is 5.47. The zero-order chi connectivity index (χ0) is 12.8. The molecule has 3 nitrogen and oxygen atoms in total. The van der Waals surface area contributed by atoms with E-state index in [4.69, 9.17) is 10.5 Å². The van der Waals surface area contributed by atoms with E-state index in [-0.39, 0.29) is 0 Å². The van der Waals surface area contributed by atoms with E-state index in [1.54, 1.807) is 18.0 Å². The zero-order valence-electron chi connectivity index (χ0n) is 10.3. The molecule has 0 saturated heterocycles. The van der Waals surface area contributed by atoms with Crippen molar-refractivity contribution in [2.24, 2.45) is 0 Å². The van der Waals surface area contributed by atoms with Crippen LogP contribution in [0.3, 0.4) is 0 Å². The highest BCUT2D eigenvalue weighted by Gasteiger charge is 2.03. The molecule has 4 heteroatoms. The number of hydrogen-bond acceptors (Lipinski definition) is 4. The molecule has 1 aromatic carbocycles. The molecular formula is C14H16N2OS. The number of hydrogen-bond donors (Lipinski definition) is 1. The lowest BCUT2D eigenvalue weighted by Gasteiger charge is -2.08. The van der Waals surface area contributed by atoms with Gasteiger partial charge in [-0.25, -0.2) is 0 Å². The minimum Gasteiger partial charge on any atom is -0.494 e. The zero-order valence-corrected chi connectivity index (χ0v) is 11.1. The van der Waals surface area contributed by atoms with Crippen LogP contribution in [0.5, 0.6) is 5.75 Å². The Morgan fingerprint density at radius 2 is 2.22 bits per heavy atom. The van der Waals surface area contributed by atoms with Gasteiger partial charge in [0.25, 0.3) is 0 Å². The minimum absolute atomic E-state index is 0.663. The predicted molar refractivity (Wildman–Crippen MR) is 75.8 cm³/mol. The fourth-order valence-corrected chi connectivity index (χ4v) is 2.47. The Morgan fingerprint density at radius 1 is 1.33 bits per heavy atom. The summed E-state index contributed by atoms with van der Waals surface area (Å²) in [5.41, 5.74) is 7.93. The third-order valence-corrected chi connectivity index (χ3v) is 3.56. The summed E-state index contributed by atoms with van der Waals surface area (Å²) >= 11 is 1.70. The van der Waals surface area contributed by atoms with Crippen molar-refractivity contribution in [3.63, 3.8) is 0 Å². The van der Waals surface area contributed by atoms with Gasteiger partial charge in [0.2, 0.25) is 0 Å². The van der Waals surface area contributed by atoms with Gasteiger partial charge >= 0.3 is 0 Å². The smallest absolute Gasteiger partial charge is 0.120 e. The topological polar surface area (TPSA) is 48.1 Å². The first kappa shape index (κ1) is 12.8. The SMILES string of the molecule is CCOc1ccc(N)c(SCc2cccnc2)c1. The lowest BCUT2D eigenvalue weighted by molar-refractivity contribution is 0.339. The molecule has 0 saturated carbocycles. The molecule has 0 unspecified atom stereocenters. The number of thioether (sulfide) groups is 1. The Morgan fingerprint density at radius 3 is 2.94 bits per heavy atom. The van der Waals surface area contributed by atoms with Crippen molar-refractivity contribution < 1.29 is 4.74 Å². The molecule has 0 radical (unpaired) electrons. The third-order valence-electron chi connectivity index (χ3n) is 2.41. The van der Waals surface area contributed by atoms with E-state index >= 15 is 0 Å². The highest BCUT2D eigenvalue weighted by atomic mass is 32.2. The number of aromatic nitrogens is 1. The van der Waals surface area contributed by atoms with Crippen molar-refractivity contribution in [2.45, 2.75) is 17.6 Å². The summed E-state index contributed by atoms with van der Waals surface area (Å²) in [6.45, 7) is 2.63. The second-order valence-corrected chi connectivity index (χ2v) is 4.80. The molecule has 0 aliphatic rings. The number of rotatable bonds is 5. The molecule has 0 bridgehead atoms. The molecule has 0 aliphatic carbocycles. The second-order valence-electron chi connectivity index (χ2n) is 3.78. The third kappa shape index (κ3) is 3.40. The van der Waals surface area contributed by atoms with E-state index in [9.17, 15) is 0 Å². The summed E-state index contributed by atoms with van der Waals surface area (Å²) in [6.07, 6.45) is 3.65. The predicted octanol–water partition coefficient (Wildman–Crippen LogP) is 3.35. The molecular weight excluding hydrogens is 244 g/mol. The van der Waals surface area contributed by atoms with Crippen LogP contribution in [0.2, 0.25) is 0 Å². The Kier molecular flexibility index (Phi) is 4.47. The highest BCUT2D eigenvalue weighted by Crippen LogP contribution is 2.31. The standard InChI is InChI=1S/C14H16N2OS/c1-2-17-12-5-6-13(15)14(8-12)18-10-11-4-3-7-16-9-11/h3-9H,2,10,15H2,1H3. The maximum Gasteiger partial charge on any atom is 0.120 e. The fourth-order valence-electron chi connectivity index (χ4n) is 1.54. The number of nitrogens with zero attached hydrogens (tertiary/aromatic N) is 1. The first-order valence-corrected chi connectivity index (χ1v) is 6.82. The van der Waals surface area contributed by atoms with Gasteiger partial charge in [-0.1, -0.05) is 6.07 Å². The van der Waals surface area contributed by atoms with Gasteiger partial charge in [0, 0.05) is 28.7 Å². The normalized spacial score (nSPS) is 10.3. The fraction of sp³-hybridized carbons (Fsp3) is 0.214. The number of pyridine rings is 1. The van der Waals surface area contributed by atoms with Crippen LogP contribution < -0.4 is 10.5 Å². The Hall–Kier alpha value is -1.68. The van der Waals surface area contributed by atoms with Crippen molar-refractivity contribution >= 4 is 17.4 Å². The lowest BCUT2D eigenvalue weighted by atomic mass is 10.3. The molecule has 0 spiro atoms. The van der Waals surface area contributed by atoms with Gasteiger partial charge in [-0.15, -0.1) is 11.8 Å². The van der Waals surface area contributed by atoms with Gasteiger partial charge in [-0.2, -0.15) is 0 Å². The number of benzene rings is 1. The van der Waals surface area contributed by atoms with Crippen LogP contribution in [0.15, 0.2) is 47.6 Å². The van der Waals surface area contributed by atoms with Crippen LogP contribution in [-0.4, -0.2) is 11.6 Å². The van der Waals surface area contributed by atoms with E-state index in [0.717, 1.165) is 22.1 Å². The average Bonchev–Trinajstić information content (AvgIpc) is 2.41. The summed E-state index contributed by atoms with van der Waals surface area (Å²) in [5, 5.41) is 0. The molecule has 0 amide bonds. The Balaban J connectivity index is 2.06. The summed E-state index contributed by atoms with van der Waals surface area (Å²) in [7, 11) is 0. The van der Waals surface area contributed by atoms with Crippen molar-refractivity contribution in [1.82, 2.24) is 4.98 Å². The lowest BCUT2D eigenvalue weighted by Crippen LogP contribution is -1.94. The molecule has 94 valence electrons.